The lowest BCUT2D eigenvalue weighted by Crippen LogP contribution is -2.31. The van der Waals surface area contributed by atoms with E-state index in [-0.39, 0.29) is 5.76 Å². The van der Waals surface area contributed by atoms with Gasteiger partial charge in [-0.2, -0.15) is 0 Å². The Morgan fingerprint density at radius 3 is 2.75 bits per heavy atom. The fraction of sp³-hybridized carbons (Fsp3) is 0.333. The highest BCUT2D eigenvalue weighted by molar-refractivity contribution is 7.17. The summed E-state index contributed by atoms with van der Waals surface area (Å²) in [6.45, 7) is 0. The van der Waals surface area contributed by atoms with Crippen molar-refractivity contribution in [3.8, 4) is 0 Å². The fourth-order valence-corrected chi connectivity index (χ4v) is 3.88. The number of anilines is 1. The summed E-state index contributed by atoms with van der Waals surface area (Å²) in [4.78, 5) is 37.0. The summed E-state index contributed by atoms with van der Waals surface area (Å²) < 4.78 is 9.28. The largest absolute Gasteiger partial charge is 0.453 e. The Labute approximate surface area is 141 Å². The van der Waals surface area contributed by atoms with Crippen molar-refractivity contribution in [3.63, 3.8) is 0 Å². The van der Waals surface area contributed by atoms with Crippen LogP contribution in [-0.2, 0) is 17.6 Å². The lowest BCUT2D eigenvalue weighted by Gasteiger charge is -2.12. The van der Waals surface area contributed by atoms with Crippen LogP contribution in [0.4, 0.5) is 9.80 Å². The molecule has 9 heteroatoms. The van der Waals surface area contributed by atoms with Crippen molar-refractivity contribution in [2.45, 2.75) is 25.7 Å². The quantitative estimate of drug-likeness (QED) is 0.880. The second-order valence-corrected chi connectivity index (χ2v) is 6.30. The van der Waals surface area contributed by atoms with Gasteiger partial charge in [-0.25, -0.2) is 4.79 Å². The molecule has 0 fully saturated rings. The number of imide groups is 1. The molecule has 0 unspecified atom stereocenters. The Morgan fingerprint density at radius 1 is 1.25 bits per heavy atom. The molecule has 3 rings (SSSR count). The van der Waals surface area contributed by atoms with E-state index in [9.17, 15) is 14.4 Å². The number of methoxy groups -OCH3 is 1. The van der Waals surface area contributed by atoms with Crippen LogP contribution in [0.15, 0.2) is 16.8 Å². The summed E-state index contributed by atoms with van der Waals surface area (Å²) in [6, 6.07) is 1.43. The highest BCUT2D eigenvalue weighted by Gasteiger charge is 2.28. The normalized spacial score (nSPS) is 13.0. The van der Waals surface area contributed by atoms with Gasteiger partial charge in [-0.15, -0.1) is 11.3 Å². The highest BCUT2D eigenvalue weighted by Crippen LogP contribution is 2.38. The van der Waals surface area contributed by atoms with Crippen molar-refractivity contribution in [2.24, 2.45) is 0 Å². The van der Waals surface area contributed by atoms with E-state index < -0.39 is 17.9 Å². The molecule has 0 aromatic carbocycles. The summed E-state index contributed by atoms with van der Waals surface area (Å²) in [5.74, 6) is -1.05. The van der Waals surface area contributed by atoms with Crippen LogP contribution in [0.25, 0.3) is 0 Å². The molecule has 2 heterocycles. The van der Waals surface area contributed by atoms with Crippen LogP contribution in [0.3, 0.4) is 0 Å². The molecule has 0 spiro atoms. The van der Waals surface area contributed by atoms with Gasteiger partial charge < -0.3 is 14.6 Å². The minimum Gasteiger partial charge on any atom is -0.453 e. The molecule has 2 aromatic rings. The van der Waals surface area contributed by atoms with Crippen molar-refractivity contribution < 1.29 is 23.6 Å². The van der Waals surface area contributed by atoms with Crippen molar-refractivity contribution in [3.05, 3.63) is 34.0 Å². The monoisotopic (exact) mass is 349 g/mol. The van der Waals surface area contributed by atoms with E-state index in [1.54, 1.807) is 0 Å². The van der Waals surface area contributed by atoms with E-state index in [1.807, 2.05) is 0 Å². The SMILES string of the molecule is COC(=O)NC(=O)c1c(NC(=O)c2ccno2)sc2c1CCCC2. The maximum Gasteiger partial charge on any atom is 0.413 e. The third-order valence-corrected chi connectivity index (χ3v) is 4.90. The summed E-state index contributed by atoms with van der Waals surface area (Å²) >= 11 is 1.34. The van der Waals surface area contributed by atoms with E-state index in [1.165, 1.54) is 30.7 Å². The van der Waals surface area contributed by atoms with Gasteiger partial charge in [0.1, 0.15) is 5.00 Å². The zero-order chi connectivity index (χ0) is 17.1. The predicted molar refractivity (Wildman–Crippen MR) is 85.3 cm³/mol. The highest BCUT2D eigenvalue weighted by atomic mass is 32.1. The van der Waals surface area contributed by atoms with E-state index in [2.05, 4.69) is 20.5 Å². The second-order valence-electron chi connectivity index (χ2n) is 5.19. The molecular weight excluding hydrogens is 334 g/mol. The molecule has 2 aromatic heterocycles. The molecule has 0 aliphatic heterocycles. The maximum atomic E-state index is 12.4. The molecule has 0 saturated heterocycles. The average molecular weight is 349 g/mol. The van der Waals surface area contributed by atoms with E-state index in [0.717, 1.165) is 36.1 Å². The second kappa shape index (κ2) is 6.83. The first-order valence-electron chi connectivity index (χ1n) is 7.36. The summed E-state index contributed by atoms with van der Waals surface area (Å²) in [7, 11) is 1.18. The molecule has 0 radical (unpaired) electrons. The lowest BCUT2D eigenvalue weighted by atomic mass is 9.95. The van der Waals surface area contributed by atoms with Gasteiger partial charge in [0.15, 0.2) is 0 Å². The van der Waals surface area contributed by atoms with Crippen LogP contribution in [-0.4, -0.2) is 30.2 Å². The number of amides is 3. The Morgan fingerprint density at radius 2 is 2.04 bits per heavy atom. The summed E-state index contributed by atoms with van der Waals surface area (Å²) in [5, 5.41) is 8.70. The Balaban J connectivity index is 1.92. The molecule has 126 valence electrons. The number of nitrogens with zero attached hydrogens (tertiary/aromatic N) is 1. The predicted octanol–water partition coefficient (Wildman–Crippen LogP) is 2.36. The lowest BCUT2D eigenvalue weighted by molar-refractivity contribution is 0.0937. The van der Waals surface area contributed by atoms with Gasteiger partial charge in [0, 0.05) is 10.9 Å². The van der Waals surface area contributed by atoms with Gasteiger partial charge >= 0.3 is 6.09 Å². The standard InChI is InChI=1S/C15H15N3O5S/c1-22-15(21)18-13(20)11-8-4-2-3-5-10(8)24-14(11)17-12(19)9-6-7-16-23-9/h6-7H,2-5H2,1H3,(H,17,19)(H,18,20,21). The molecule has 8 nitrogen and oxygen atoms in total. The number of fused-ring (bicyclic) bond motifs is 1. The van der Waals surface area contributed by atoms with Gasteiger partial charge in [-0.3, -0.25) is 14.9 Å². The number of rotatable bonds is 3. The van der Waals surface area contributed by atoms with Gasteiger partial charge in [0.25, 0.3) is 11.8 Å². The molecule has 1 aliphatic rings. The van der Waals surface area contributed by atoms with E-state index in [4.69, 9.17) is 4.52 Å². The van der Waals surface area contributed by atoms with E-state index >= 15 is 0 Å². The van der Waals surface area contributed by atoms with Crippen molar-refractivity contribution >= 4 is 34.2 Å². The molecule has 0 saturated carbocycles. The zero-order valence-corrected chi connectivity index (χ0v) is 13.7. The minimum absolute atomic E-state index is 0.0423. The number of aryl methyl sites for hydroxylation is 1. The molecule has 0 atom stereocenters. The van der Waals surface area contributed by atoms with Crippen LogP contribution in [0.1, 0.15) is 44.2 Å². The van der Waals surface area contributed by atoms with Crippen LogP contribution >= 0.6 is 11.3 Å². The first-order valence-corrected chi connectivity index (χ1v) is 8.17. The van der Waals surface area contributed by atoms with Gasteiger partial charge in [0.2, 0.25) is 5.76 Å². The van der Waals surface area contributed by atoms with Crippen molar-refractivity contribution in [1.29, 1.82) is 0 Å². The smallest absolute Gasteiger partial charge is 0.413 e. The van der Waals surface area contributed by atoms with Crippen LogP contribution < -0.4 is 10.6 Å². The number of hydrogen-bond donors (Lipinski definition) is 2. The first kappa shape index (κ1) is 16.2. The summed E-state index contributed by atoms with van der Waals surface area (Å²) in [5.41, 5.74) is 1.19. The number of ether oxygens (including phenoxy) is 1. The molecule has 2 N–H and O–H groups in total. The number of carbonyl (C=O) groups excluding carboxylic acids is 3. The average Bonchev–Trinajstić information content (AvgIpc) is 3.21. The minimum atomic E-state index is -0.844. The topological polar surface area (TPSA) is 111 Å². The van der Waals surface area contributed by atoms with Crippen molar-refractivity contribution in [1.82, 2.24) is 10.5 Å². The van der Waals surface area contributed by atoms with Crippen LogP contribution in [0, 0.1) is 0 Å². The molecule has 0 bridgehead atoms. The maximum absolute atomic E-state index is 12.4. The summed E-state index contributed by atoms with van der Waals surface area (Å²) in [6.07, 6.45) is 4.08. The number of nitrogens with one attached hydrogen (secondary N) is 2. The van der Waals surface area contributed by atoms with E-state index in [0.29, 0.717) is 10.6 Å². The third kappa shape index (κ3) is 3.16. The van der Waals surface area contributed by atoms with Gasteiger partial charge in [-0.1, -0.05) is 5.16 Å². The first-order chi connectivity index (χ1) is 11.6. The molecular formula is C15H15N3O5S. The fourth-order valence-electron chi connectivity index (χ4n) is 2.60. The number of aromatic nitrogens is 1. The van der Waals surface area contributed by atoms with Crippen molar-refractivity contribution in [2.75, 3.05) is 12.4 Å². The Hall–Kier alpha value is -2.68. The number of hydrogen-bond acceptors (Lipinski definition) is 7. The molecule has 24 heavy (non-hydrogen) atoms. The molecule has 1 aliphatic carbocycles. The van der Waals surface area contributed by atoms with Crippen LogP contribution in [0.5, 0.6) is 0 Å². The number of alkyl carbamates (subject to hydrolysis) is 1. The van der Waals surface area contributed by atoms with Gasteiger partial charge in [-0.05, 0) is 31.2 Å². The van der Waals surface area contributed by atoms with Gasteiger partial charge in [0.05, 0.1) is 18.9 Å². The Bertz CT molecular complexity index is 781. The molecule has 3 amide bonds. The number of carbonyl (C=O) groups is 3. The third-order valence-electron chi connectivity index (χ3n) is 3.69. The Kier molecular flexibility index (Phi) is 4.61. The number of thiophene rings is 1. The zero-order valence-electron chi connectivity index (χ0n) is 12.9. The van der Waals surface area contributed by atoms with Crippen LogP contribution in [0.2, 0.25) is 0 Å².